The molecule has 3 heteroatoms. The van der Waals surface area contributed by atoms with Gasteiger partial charge in [-0.2, -0.15) is 0 Å². The summed E-state index contributed by atoms with van der Waals surface area (Å²) in [6, 6.07) is 7.14. The van der Waals surface area contributed by atoms with Crippen LogP contribution in [0.3, 0.4) is 0 Å². The summed E-state index contributed by atoms with van der Waals surface area (Å²) in [5.74, 6) is 0. The van der Waals surface area contributed by atoms with Gasteiger partial charge in [0.05, 0.1) is 12.1 Å². The van der Waals surface area contributed by atoms with E-state index in [2.05, 4.69) is 22.5 Å². The van der Waals surface area contributed by atoms with Crippen molar-refractivity contribution in [3.8, 4) is 0 Å². The standard InChI is InChI=1S/C10H12BrNO/c1-2-9(13)10(12)7-5-3-4-6-8(7)11/h2-6,9-10,13H,1,12H2/t9-,10+/m1/s1. The largest absolute Gasteiger partial charge is 0.387 e. The van der Waals surface area contributed by atoms with Crippen LogP contribution < -0.4 is 5.73 Å². The van der Waals surface area contributed by atoms with Crippen LogP contribution in [0.2, 0.25) is 0 Å². The van der Waals surface area contributed by atoms with Crippen molar-refractivity contribution < 1.29 is 5.11 Å². The third-order valence-electron chi connectivity index (χ3n) is 1.87. The number of halogens is 1. The lowest BCUT2D eigenvalue weighted by atomic mass is 10.0. The van der Waals surface area contributed by atoms with Crippen molar-refractivity contribution in [3.63, 3.8) is 0 Å². The highest BCUT2D eigenvalue weighted by Crippen LogP contribution is 2.23. The van der Waals surface area contributed by atoms with Gasteiger partial charge >= 0.3 is 0 Å². The zero-order valence-electron chi connectivity index (χ0n) is 7.15. The van der Waals surface area contributed by atoms with Crippen molar-refractivity contribution in [2.24, 2.45) is 5.73 Å². The third kappa shape index (κ3) is 2.40. The first-order chi connectivity index (χ1) is 6.16. The number of hydrogen-bond donors (Lipinski definition) is 2. The highest BCUT2D eigenvalue weighted by Gasteiger charge is 2.15. The minimum Gasteiger partial charge on any atom is -0.387 e. The second-order valence-corrected chi connectivity index (χ2v) is 3.63. The molecule has 0 bridgehead atoms. The molecule has 0 spiro atoms. The minimum atomic E-state index is -0.710. The highest BCUT2D eigenvalue weighted by molar-refractivity contribution is 9.10. The van der Waals surface area contributed by atoms with Crippen molar-refractivity contribution in [2.75, 3.05) is 0 Å². The van der Waals surface area contributed by atoms with Crippen molar-refractivity contribution in [1.82, 2.24) is 0 Å². The SMILES string of the molecule is C=C[C@@H](O)[C@@H](N)c1ccccc1Br. The Labute approximate surface area is 86.2 Å². The Balaban J connectivity index is 2.94. The van der Waals surface area contributed by atoms with E-state index in [1.807, 2.05) is 24.3 Å². The topological polar surface area (TPSA) is 46.2 Å². The summed E-state index contributed by atoms with van der Waals surface area (Å²) < 4.78 is 0.906. The molecule has 13 heavy (non-hydrogen) atoms. The first-order valence-electron chi connectivity index (χ1n) is 3.97. The van der Waals surface area contributed by atoms with Gasteiger partial charge in [-0.05, 0) is 11.6 Å². The van der Waals surface area contributed by atoms with Crippen LogP contribution in [0.15, 0.2) is 41.4 Å². The molecule has 0 aliphatic heterocycles. The Hall–Kier alpha value is -0.640. The molecule has 0 aliphatic carbocycles. The second kappa shape index (κ2) is 4.56. The van der Waals surface area contributed by atoms with Gasteiger partial charge in [0.1, 0.15) is 0 Å². The van der Waals surface area contributed by atoms with Crippen molar-refractivity contribution in [3.05, 3.63) is 47.0 Å². The van der Waals surface area contributed by atoms with Crippen LogP contribution in [-0.4, -0.2) is 11.2 Å². The van der Waals surface area contributed by atoms with Gasteiger partial charge in [-0.15, -0.1) is 6.58 Å². The summed E-state index contributed by atoms with van der Waals surface area (Å²) in [7, 11) is 0. The number of nitrogens with two attached hydrogens (primary N) is 1. The van der Waals surface area contributed by atoms with E-state index in [0.29, 0.717) is 0 Å². The predicted molar refractivity (Wildman–Crippen MR) is 57.3 cm³/mol. The monoisotopic (exact) mass is 241 g/mol. The highest BCUT2D eigenvalue weighted by atomic mass is 79.9. The molecule has 0 radical (unpaired) electrons. The van der Waals surface area contributed by atoms with E-state index in [4.69, 9.17) is 5.73 Å². The summed E-state index contributed by atoms with van der Waals surface area (Å²) in [6.45, 7) is 3.49. The first kappa shape index (κ1) is 10.4. The van der Waals surface area contributed by atoms with Crippen LogP contribution in [0.25, 0.3) is 0 Å². The van der Waals surface area contributed by atoms with Gasteiger partial charge in [0.25, 0.3) is 0 Å². The summed E-state index contributed by atoms with van der Waals surface area (Å²) in [5, 5.41) is 9.44. The van der Waals surface area contributed by atoms with E-state index < -0.39 is 12.1 Å². The fourth-order valence-corrected chi connectivity index (χ4v) is 1.63. The molecular formula is C10H12BrNO. The Bertz CT molecular complexity index is 301. The molecule has 0 unspecified atom stereocenters. The maximum Gasteiger partial charge on any atom is 0.0911 e. The third-order valence-corrected chi connectivity index (χ3v) is 2.60. The molecule has 0 amide bonds. The molecule has 2 nitrogen and oxygen atoms in total. The molecule has 0 aliphatic rings. The lowest BCUT2D eigenvalue weighted by molar-refractivity contribution is 0.192. The first-order valence-corrected chi connectivity index (χ1v) is 4.76. The van der Waals surface area contributed by atoms with E-state index in [-0.39, 0.29) is 0 Å². The van der Waals surface area contributed by atoms with Gasteiger partial charge in [0, 0.05) is 4.47 Å². The minimum absolute atomic E-state index is 0.423. The van der Waals surface area contributed by atoms with Crippen molar-refractivity contribution in [2.45, 2.75) is 12.1 Å². The van der Waals surface area contributed by atoms with Crippen molar-refractivity contribution >= 4 is 15.9 Å². The Kier molecular flexibility index (Phi) is 3.66. The number of aliphatic hydroxyl groups is 1. The number of benzene rings is 1. The fraction of sp³-hybridized carbons (Fsp3) is 0.200. The molecule has 0 aromatic heterocycles. The molecule has 1 aromatic carbocycles. The molecule has 0 saturated carbocycles. The molecular weight excluding hydrogens is 230 g/mol. The maximum atomic E-state index is 9.44. The maximum absolute atomic E-state index is 9.44. The zero-order chi connectivity index (χ0) is 9.84. The van der Waals surface area contributed by atoms with E-state index in [1.165, 1.54) is 6.08 Å². The molecule has 2 atom stereocenters. The summed E-state index contributed by atoms with van der Waals surface area (Å²) in [4.78, 5) is 0. The quantitative estimate of drug-likeness (QED) is 0.796. The van der Waals surface area contributed by atoms with Crippen LogP contribution in [0.4, 0.5) is 0 Å². The lowest BCUT2D eigenvalue weighted by Crippen LogP contribution is -2.24. The Morgan fingerprint density at radius 2 is 2.08 bits per heavy atom. The average molecular weight is 242 g/mol. The van der Waals surface area contributed by atoms with Crippen LogP contribution in [0.5, 0.6) is 0 Å². The normalized spacial score (nSPS) is 15.0. The fourth-order valence-electron chi connectivity index (χ4n) is 1.08. The summed E-state index contributed by atoms with van der Waals surface area (Å²) in [5.41, 5.74) is 6.68. The van der Waals surface area contributed by atoms with Crippen LogP contribution >= 0.6 is 15.9 Å². The van der Waals surface area contributed by atoms with Crippen molar-refractivity contribution in [1.29, 1.82) is 0 Å². The van der Waals surface area contributed by atoms with Gasteiger partial charge in [0.2, 0.25) is 0 Å². The number of hydrogen-bond acceptors (Lipinski definition) is 2. The average Bonchev–Trinajstić information content (AvgIpc) is 2.16. The van der Waals surface area contributed by atoms with Crippen LogP contribution in [0, 0.1) is 0 Å². The Morgan fingerprint density at radius 1 is 1.46 bits per heavy atom. The number of rotatable bonds is 3. The summed E-state index contributed by atoms with van der Waals surface area (Å²) >= 11 is 3.37. The van der Waals surface area contributed by atoms with Gasteiger partial charge in [-0.1, -0.05) is 40.2 Å². The smallest absolute Gasteiger partial charge is 0.0911 e. The van der Waals surface area contributed by atoms with Crippen LogP contribution in [0.1, 0.15) is 11.6 Å². The number of aliphatic hydroxyl groups excluding tert-OH is 1. The van der Waals surface area contributed by atoms with Gasteiger partial charge < -0.3 is 10.8 Å². The molecule has 1 aromatic rings. The molecule has 3 N–H and O–H groups in total. The van der Waals surface area contributed by atoms with E-state index in [0.717, 1.165) is 10.0 Å². The Morgan fingerprint density at radius 3 is 2.62 bits per heavy atom. The molecule has 0 fully saturated rings. The van der Waals surface area contributed by atoms with Crippen LogP contribution in [-0.2, 0) is 0 Å². The van der Waals surface area contributed by atoms with E-state index in [1.54, 1.807) is 0 Å². The molecule has 1 rings (SSSR count). The molecule has 70 valence electrons. The lowest BCUT2D eigenvalue weighted by Gasteiger charge is -2.16. The summed E-state index contributed by atoms with van der Waals surface area (Å²) in [6.07, 6.45) is 0.725. The molecule has 0 saturated heterocycles. The van der Waals surface area contributed by atoms with Gasteiger partial charge in [0.15, 0.2) is 0 Å². The van der Waals surface area contributed by atoms with Gasteiger partial charge in [-0.25, -0.2) is 0 Å². The second-order valence-electron chi connectivity index (χ2n) is 2.77. The van der Waals surface area contributed by atoms with E-state index in [9.17, 15) is 5.11 Å². The van der Waals surface area contributed by atoms with E-state index >= 15 is 0 Å². The molecule has 0 heterocycles. The zero-order valence-corrected chi connectivity index (χ0v) is 8.74. The predicted octanol–water partition coefficient (Wildman–Crippen LogP) is 2.00. The van der Waals surface area contributed by atoms with Gasteiger partial charge in [-0.3, -0.25) is 0 Å².